The number of nitrogens with one attached hydrogen (secondary N) is 3. The van der Waals surface area contributed by atoms with Gasteiger partial charge in [0.05, 0.1) is 0 Å². The van der Waals surface area contributed by atoms with E-state index in [9.17, 15) is 9.59 Å². The zero-order valence-corrected chi connectivity index (χ0v) is 9.82. The van der Waals surface area contributed by atoms with Crippen molar-refractivity contribution in [2.75, 3.05) is 5.32 Å². The minimum atomic E-state index is -0.589. The molecule has 0 aliphatic carbocycles. The molecule has 3 N–H and O–H groups in total. The first-order valence-electron chi connectivity index (χ1n) is 4.27. The van der Waals surface area contributed by atoms with E-state index in [1.807, 2.05) is 0 Å². The van der Waals surface area contributed by atoms with Crippen molar-refractivity contribution in [2.45, 2.75) is 6.92 Å². The fourth-order valence-electron chi connectivity index (χ4n) is 0.933. The molecular formula is C9H9Cl2N3O2. The van der Waals surface area contributed by atoms with Crippen molar-refractivity contribution in [1.82, 2.24) is 10.9 Å². The molecule has 0 fully saturated rings. The summed E-state index contributed by atoms with van der Waals surface area (Å²) in [5, 5.41) is 3.26. The topological polar surface area (TPSA) is 70.2 Å². The third-order valence-corrected chi connectivity index (χ3v) is 1.91. The SMILES string of the molecule is CC(=O)NNC(=O)Nc1cc(Cl)cc(Cl)c1. The highest BCUT2D eigenvalue weighted by atomic mass is 35.5. The Morgan fingerprint density at radius 1 is 1.06 bits per heavy atom. The quantitative estimate of drug-likeness (QED) is 0.679. The Labute approximate surface area is 102 Å². The van der Waals surface area contributed by atoms with Crippen molar-refractivity contribution in [3.63, 3.8) is 0 Å². The molecule has 0 aliphatic heterocycles. The van der Waals surface area contributed by atoms with E-state index in [0.717, 1.165) is 0 Å². The van der Waals surface area contributed by atoms with Crippen LogP contribution in [0.3, 0.4) is 0 Å². The largest absolute Gasteiger partial charge is 0.337 e. The van der Waals surface area contributed by atoms with E-state index in [1.54, 1.807) is 6.07 Å². The van der Waals surface area contributed by atoms with E-state index < -0.39 is 6.03 Å². The Morgan fingerprint density at radius 2 is 1.62 bits per heavy atom. The van der Waals surface area contributed by atoms with E-state index in [2.05, 4.69) is 16.2 Å². The van der Waals surface area contributed by atoms with Gasteiger partial charge in [0.25, 0.3) is 0 Å². The van der Waals surface area contributed by atoms with Crippen LogP contribution in [0.25, 0.3) is 0 Å². The summed E-state index contributed by atoms with van der Waals surface area (Å²) >= 11 is 11.5. The number of urea groups is 1. The molecule has 0 spiro atoms. The van der Waals surface area contributed by atoms with Gasteiger partial charge in [0, 0.05) is 22.7 Å². The summed E-state index contributed by atoms with van der Waals surface area (Å²) in [6, 6.07) is 4.01. The maximum absolute atomic E-state index is 11.2. The molecule has 0 saturated heterocycles. The van der Waals surface area contributed by atoms with E-state index in [4.69, 9.17) is 23.2 Å². The predicted octanol–water partition coefficient (Wildman–Crippen LogP) is 2.17. The highest BCUT2D eigenvalue weighted by molar-refractivity contribution is 6.35. The highest BCUT2D eigenvalue weighted by Crippen LogP contribution is 2.22. The van der Waals surface area contributed by atoms with Crippen molar-refractivity contribution in [2.24, 2.45) is 0 Å². The van der Waals surface area contributed by atoms with Crippen LogP contribution in [0.5, 0.6) is 0 Å². The van der Waals surface area contributed by atoms with Crippen LogP contribution in [-0.2, 0) is 4.79 Å². The molecule has 86 valence electrons. The second kappa shape index (κ2) is 5.58. The second-order valence-electron chi connectivity index (χ2n) is 2.92. The van der Waals surface area contributed by atoms with Crippen molar-refractivity contribution in [1.29, 1.82) is 0 Å². The molecule has 0 heterocycles. The Morgan fingerprint density at radius 3 is 2.12 bits per heavy atom. The number of amides is 3. The number of hydrazine groups is 1. The van der Waals surface area contributed by atoms with Crippen LogP contribution >= 0.6 is 23.2 Å². The highest BCUT2D eigenvalue weighted by Gasteiger charge is 2.03. The van der Waals surface area contributed by atoms with Crippen LogP contribution in [0.4, 0.5) is 10.5 Å². The van der Waals surface area contributed by atoms with E-state index >= 15 is 0 Å². The van der Waals surface area contributed by atoms with Gasteiger partial charge in [-0.05, 0) is 18.2 Å². The second-order valence-corrected chi connectivity index (χ2v) is 3.79. The number of anilines is 1. The minimum Gasteiger partial charge on any atom is -0.306 e. The molecule has 3 amide bonds. The number of halogens is 2. The number of hydrogen-bond donors (Lipinski definition) is 3. The molecule has 0 saturated carbocycles. The lowest BCUT2D eigenvalue weighted by Crippen LogP contribution is -2.42. The third kappa shape index (κ3) is 4.37. The van der Waals surface area contributed by atoms with Crippen molar-refractivity contribution >= 4 is 40.8 Å². The zero-order valence-electron chi connectivity index (χ0n) is 8.30. The molecule has 1 rings (SSSR count). The number of benzene rings is 1. The van der Waals surface area contributed by atoms with E-state index in [1.165, 1.54) is 19.1 Å². The van der Waals surface area contributed by atoms with Crippen molar-refractivity contribution in [3.8, 4) is 0 Å². The standard InChI is InChI=1S/C9H9Cl2N3O2/c1-5(15)13-14-9(16)12-8-3-6(10)2-7(11)4-8/h2-4H,1H3,(H,13,15)(H2,12,14,16). The molecule has 0 bridgehead atoms. The Balaban J connectivity index is 2.59. The van der Waals surface area contributed by atoms with Gasteiger partial charge in [-0.3, -0.25) is 10.2 Å². The molecule has 0 radical (unpaired) electrons. The average Bonchev–Trinajstić information content (AvgIpc) is 2.12. The van der Waals surface area contributed by atoms with E-state index in [-0.39, 0.29) is 5.91 Å². The van der Waals surface area contributed by atoms with E-state index in [0.29, 0.717) is 15.7 Å². The lowest BCUT2D eigenvalue weighted by molar-refractivity contribution is -0.119. The molecule has 1 aromatic rings. The third-order valence-electron chi connectivity index (χ3n) is 1.47. The summed E-state index contributed by atoms with van der Waals surface area (Å²) in [7, 11) is 0. The summed E-state index contributed by atoms with van der Waals surface area (Å²) in [6.45, 7) is 1.27. The molecule has 0 aliphatic rings. The normalized spacial score (nSPS) is 9.44. The van der Waals surface area contributed by atoms with Gasteiger partial charge in [-0.2, -0.15) is 0 Å². The maximum atomic E-state index is 11.2. The van der Waals surface area contributed by atoms with Crippen molar-refractivity contribution in [3.05, 3.63) is 28.2 Å². The summed E-state index contributed by atoms with van der Waals surface area (Å²) in [5.41, 5.74) is 4.69. The first-order valence-corrected chi connectivity index (χ1v) is 5.02. The molecule has 0 aromatic heterocycles. The fourth-order valence-corrected chi connectivity index (χ4v) is 1.46. The summed E-state index contributed by atoms with van der Waals surface area (Å²) < 4.78 is 0. The average molecular weight is 262 g/mol. The maximum Gasteiger partial charge on any atom is 0.337 e. The van der Waals surface area contributed by atoms with Crippen LogP contribution < -0.4 is 16.2 Å². The molecule has 5 nitrogen and oxygen atoms in total. The summed E-state index contributed by atoms with van der Waals surface area (Å²) in [6.07, 6.45) is 0. The first kappa shape index (κ1) is 12.6. The Bertz CT molecular complexity index is 403. The first-order chi connectivity index (χ1) is 7.47. The van der Waals surface area contributed by atoms with Gasteiger partial charge in [-0.15, -0.1) is 0 Å². The molecule has 1 aromatic carbocycles. The monoisotopic (exact) mass is 261 g/mol. The van der Waals surface area contributed by atoms with Crippen LogP contribution in [0.1, 0.15) is 6.92 Å². The lowest BCUT2D eigenvalue weighted by atomic mass is 10.3. The van der Waals surface area contributed by atoms with Gasteiger partial charge in [-0.25, -0.2) is 10.2 Å². The number of rotatable bonds is 1. The van der Waals surface area contributed by atoms with Gasteiger partial charge in [0.2, 0.25) is 5.91 Å². The Hall–Kier alpha value is -1.46. The summed E-state index contributed by atoms with van der Waals surface area (Å²) in [4.78, 5) is 21.7. The fraction of sp³-hybridized carbons (Fsp3) is 0.111. The van der Waals surface area contributed by atoms with Crippen LogP contribution in [0.2, 0.25) is 10.0 Å². The minimum absolute atomic E-state index is 0.376. The number of hydrogen-bond acceptors (Lipinski definition) is 2. The van der Waals surface area contributed by atoms with Gasteiger partial charge >= 0.3 is 6.03 Å². The zero-order chi connectivity index (χ0) is 12.1. The predicted molar refractivity (Wildman–Crippen MR) is 62.4 cm³/mol. The van der Waals surface area contributed by atoms with Gasteiger partial charge in [-0.1, -0.05) is 23.2 Å². The van der Waals surface area contributed by atoms with Gasteiger partial charge in [0.15, 0.2) is 0 Å². The molecule has 0 unspecified atom stereocenters. The summed E-state index contributed by atoms with van der Waals surface area (Å²) in [5.74, 6) is -0.376. The Kier molecular flexibility index (Phi) is 4.39. The van der Waals surface area contributed by atoms with Crippen LogP contribution in [0, 0.1) is 0 Å². The van der Waals surface area contributed by atoms with Crippen molar-refractivity contribution < 1.29 is 9.59 Å². The molecule has 0 atom stereocenters. The molecule has 16 heavy (non-hydrogen) atoms. The molecular weight excluding hydrogens is 253 g/mol. The van der Waals surface area contributed by atoms with Crippen LogP contribution in [0.15, 0.2) is 18.2 Å². The lowest BCUT2D eigenvalue weighted by Gasteiger charge is -2.08. The van der Waals surface area contributed by atoms with Gasteiger partial charge in [0.1, 0.15) is 0 Å². The van der Waals surface area contributed by atoms with Crippen LogP contribution in [-0.4, -0.2) is 11.9 Å². The number of carbonyl (C=O) groups is 2. The van der Waals surface area contributed by atoms with Gasteiger partial charge < -0.3 is 5.32 Å². The molecule has 7 heteroatoms. The smallest absolute Gasteiger partial charge is 0.306 e. The number of carbonyl (C=O) groups excluding carboxylic acids is 2.